The lowest BCUT2D eigenvalue weighted by Crippen LogP contribution is -2.43. The minimum Gasteiger partial charge on any atom is -0.444 e. The lowest BCUT2D eigenvalue weighted by atomic mass is 10.0. The smallest absolute Gasteiger partial charge is 0.444 e. The number of hydrogen-bond donors (Lipinski definition) is 14. The molecule has 6 aromatic rings. The Morgan fingerprint density at radius 2 is 1.02 bits per heavy atom. The van der Waals surface area contributed by atoms with Gasteiger partial charge in [-0.1, -0.05) is 6.92 Å². The molecule has 0 aromatic carbocycles. The molecule has 540 valence electrons. The Bertz CT molecular complexity index is 3980. The Labute approximate surface area is 545 Å². The summed E-state index contributed by atoms with van der Waals surface area (Å²) in [5, 5.41) is 67.9. The number of carbonyl (C=O) groups excluding carboxylic acids is 1. The number of aliphatic hydroxyl groups is 6. The van der Waals surface area contributed by atoms with Crippen molar-refractivity contribution in [2.75, 3.05) is 65.4 Å². The molecule has 6 aromatic heterocycles. The van der Waals surface area contributed by atoms with Crippen LogP contribution in [0.1, 0.15) is 104 Å². The van der Waals surface area contributed by atoms with Gasteiger partial charge in [-0.05, 0) is 61.8 Å². The first kappa shape index (κ1) is 79.3. The van der Waals surface area contributed by atoms with E-state index in [0.717, 1.165) is 6.66 Å². The van der Waals surface area contributed by atoms with Crippen molar-refractivity contribution < 1.29 is 112 Å². The lowest BCUT2D eigenvalue weighted by Gasteiger charge is -2.32. The van der Waals surface area contributed by atoms with Gasteiger partial charge in [-0.25, -0.2) is 19.7 Å². The number of likely N-dealkylation sites (tertiary alicyclic amines) is 1. The van der Waals surface area contributed by atoms with Crippen LogP contribution in [0.15, 0.2) is 52.0 Å². The van der Waals surface area contributed by atoms with Gasteiger partial charge >= 0.3 is 36.9 Å². The number of amides is 1. The Kier molecular flexibility index (Phi) is 27.6. The number of rotatable bonds is 24. The lowest BCUT2D eigenvalue weighted by molar-refractivity contribution is -0.0532. The van der Waals surface area contributed by atoms with Crippen molar-refractivity contribution in [3.63, 3.8) is 0 Å². The van der Waals surface area contributed by atoms with Crippen molar-refractivity contribution in [1.29, 1.82) is 0 Å². The summed E-state index contributed by atoms with van der Waals surface area (Å²) in [5.41, 5.74) is -3.80. The summed E-state index contributed by atoms with van der Waals surface area (Å²) < 4.78 is 138. The molecular weight excluding hydrogens is 1370 g/mol. The number of alkyl halides is 3. The molecule has 0 saturated carbocycles. The zero-order valence-electron chi connectivity index (χ0n) is 53.7. The third-order valence-corrected chi connectivity index (χ3v) is 20.6. The van der Waals surface area contributed by atoms with Crippen LogP contribution in [0.5, 0.6) is 0 Å². The molecule has 0 spiro atoms. The Morgan fingerprint density at radius 1 is 0.594 bits per heavy atom. The van der Waals surface area contributed by atoms with Gasteiger partial charge in [-0.15, -0.1) is 0 Å². The molecule has 3 saturated heterocycles. The highest BCUT2D eigenvalue weighted by atomic mass is 32.2. The first-order chi connectivity index (χ1) is 45.0. The third kappa shape index (κ3) is 19.0. The van der Waals surface area contributed by atoms with Crippen LogP contribution in [0.25, 0.3) is 33.1 Å². The molecule has 3 aliphatic rings. The number of ether oxygens (including phenoxy) is 3. The maximum absolute atomic E-state index is 12.8. The Morgan fingerprint density at radius 3 is 1.44 bits per heavy atom. The van der Waals surface area contributed by atoms with Crippen LogP contribution < -0.4 is 27.3 Å². The summed E-state index contributed by atoms with van der Waals surface area (Å²) in [4.78, 5) is 78.2. The topological polar surface area (TPSA) is 519 Å². The maximum Gasteiger partial charge on any atom is 0.523 e. The van der Waals surface area contributed by atoms with Gasteiger partial charge in [0.15, 0.2) is 0 Å². The van der Waals surface area contributed by atoms with Gasteiger partial charge in [-0.2, -0.15) is 21.6 Å². The van der Waals surface area contributed by atoms with Gasteiger partial charge in [0.05, 0.1) is 88.8 Å². The SMILES string of the molecule is CCOP(=O)(CO[C@@H]1[C@H](O)[C@@H](O)N[C@H]1c1c[nH]c2c(=O)[nH]cnc12)OCC.CCOP(=O)(CO[C@H]1[C@@H](O)[C@H](c2c[nH]c3c(=O)[nH]cnc23)N[C@@H]1CO)OCC.CCOP(C)(=O)COS(=O)(=O)C(F)(F)F.CC[C@@H]1[C@@H](O)[C@@H](O)[C@H](c2c[nH]c3c(=O)[nH]cnc23)N1C(=O)OC(C)(C)C. The van der Waals surface area contributed by atoms with Crippen molar-refractivity contribution in [3.05, 3.63) is 85.3 Å². The monoisotopic (exact) mass is 1450 g/mol. The second-order valence-electron chi connectivity index (χ2n) is 22.4. The van der Waals surface area contributed by atoms with E-state index in [4.69, 9.17) is 32.3 Å². The van der Waals surface area contributed by atoms with Gasteiger partial charge in [0.2, 0.25) is 7.37 Å². The summed E-state index contributed by atoms with van der Waals surface area (Å²) in [5.74, 6) is 0. The molecule has 43 heteroatoms. The standard InChI is InChI=1S/C17H24N4O5.C16H25N4O7P.C15H23N4O7P.C5H10F3O5PS/c1-5-9-13(22)14(23)12(21(9)16(25)26-17(2,3)4)8-6-18-11-10(8)19-7-20-15(11)24;1-3-26-28(24,27-4-2)8-25-15-10(6-21)20-12(14(15)22)9-5-17-13-11(9)18-7-19-16(13)23;1-3-25-27(23,26-4-2)7-24-13-10(19-15(22)12(13)20)8-5-16-11-9(8)17-6-18-14(11)21;1-3-12-14(2,9)4-13-15(10,11)5(6,7)8/h6-7,9,12-14,18,22-23H,5H2,1-4H3,(H,19,20,24);5,7,10,12,14-15,17,20-22H,3-4,6,8H2,1-2H3,(H,18,19,23);5-6,10,12-13,15-16,19-20,22H,3-4,7H2,1-2H3,(H,17,18,21);3-4H2,1-2H3/t9-,12+,13-,14+;10-,12+,14+,15-;10-,12-,13-,15+;/m110./s1. The molecule has 1 amide bonds. The maximum atomic E-state index is 12.8. The number of halogens is 3. The van der Waals surface area contributed by atoms with E-state index in [1.165, 1.54) is 37.0 Å². The van der Waals surface area contributed by atoms with E-state index in [0.29, 0.717) is 39.7 Å². The normalized spacial score (nSPS) is 24.7. The highest BCUT2D eigenvalue weighted by molar-refractivity contribution is 7.87. The number of nitrogens with zero attached hydrogens (tertiary/aromatic N) is 4. The molecular formula is C53H82F3N12O24P3S. The van der Waals surface area contributed by atoms with Crippen LogP contribution in [-0.2, 0) is 64.8 Å². The largest absolute Gasteiger partial charge is 0.523 e. The van der Waals surface area contributed by atoms with Crippen LogP contribution in [0, 0.1) is 0 Å². The van der Waals surface area contributed by atoms with Gasteiger partial charge in [0.25, 0.3) is 16.7 Å². The van der Waals surface area contributed by atoms with Crippen LogP contribution in [0.4, 0.5) is 18.0 Å². The first-order valence-electron chi connectivity index (χ1n) is 29.9. The summed E-state index contributed by atoms with van der Waals surface area (Å²) in [7, 11) is -16.1. The zero-order chi connectivity index (χ0) is 71.5. The molecule has 3 aliphatic heterocycles. The summed E-state index contributed by atoms with van der Waals surface area (Å²) >= 11 is 0. The Hall–Kier alpha value is -5.68. The van der Waals surface area contributed by atoms with Crippen molar-refractivity contribution in [2.24, 2.45) is 0 Å². The Balaban J connectivity index is 0.000000207. The van der Waals surface area contributed by atoms with E-state index < -0.39 is 136 Å². The molecule has 13 atom stereocenters. The van der Waals surface area contributed by atoms with Crippen LogP contribution >= 0.6 is 22.6 Å². The minimum atomic E-state index is -5.70. The number of fused-ring (bicyclic) bond motifs is 3. The predicted molar refractivity (Wildman–Crippen MR) is 335 cm³/mol. The summed E-state index contributed by atoms with van der Waals surface area (Å²) in [6.45, 7) is 16.6. The third-order valence-electron chi connectivity index (χ3n) is 14.5. The highest BCUT2D eigenvalue weighted by Gasteiger charge is 2.53. The average molecular weight is 1450 g/mol. The van der Waals surface area contributed by atoms with E-state index in [2.05, 4.69) is 64.2 Å². The second kappa shape index (κ2) is 33.5. The first-order valence-corrected chi connectivity index (χ1v) is 37.0. The van der Waals surface area contributed by atoms with Gasteiger partial charge < -0.3 is 103 Å². The number of H-pyrrole nitrogens is 6. The average Bonchev–Trinajstić information content (AvgIpc) is 1.60. The molecule has 0 bridgehead atoms. The number of hydrogen-bond acceptors (Lipinski definition) is 29. The van der Waals surface area contributed by atoms with Crippen molar-refractivity contribution in [3.8, 4) is 0 Å². The van der Waals surface area contributed by atoms with Crippen molar-refractivity contribution in [1.82, 2.24) is 60.4 Å². The van der Waals surface area contributed by atoms with E-state index in [1.54, 1.807) is 60.9 Å². The molecule has 1 unspecified atom stereocenters. The van der Waals surface area contributed by atoms with Crippen LogP contribution in [-0.4, -0.2) is 226 Å². The van der Waals surface area contributed by atoms with Crippen LogP contribution in [0.2, 0.25) is 0 Å². The fourth-order valence-corrected chi connectivity index (χ4v) is 15.3. The summed E-state index contributed by atoms with van der Waals surface area (Å²) in [6.07, 6.45) is -1.45. The molecule has 14 N–H and O–H groups in total. The second-order valence-corrected chi connectivity index (χ2v) is 30.5. The predicted octanol–water partition coefficient (Wildman–Crippen LogP) is 3.21. The molecule has 0 radical (unpaired) electrons. The van der Waals surface area contributed by atoms with E-state index >= 15 is 0 Å². The molecule has 3 fully saturated rings. The minimum absolute atomic E-state index is 0.0107. The highest BCUT2D eigenvalue weighted by Crippen LogP contribution is 2.51. The van der Waals surface area contributed by atoms with Gasteiger partial charge in [0, 0.05) is 41.9 Å². The number of nitrogens with one attached hydrogen (secondary N) is 8. The molecule has 9 rings (SSSR count). The zero-order valence-corrected chi connectivity index (χ0v) is 57.2. The number of aromatic amines is 6. The van der Waals surface area contributed by atoms with E-state index in [-0.39, 0.29) is 79.2 Å². The van der Waals surface area contributed by atoms with Gasteiger partial charge in [-0.3, -0.25) is 42.5 Å². The van der Waals surface area contributed by atoms with Crippen LogP contribution in [0.3, 0.4) is 0 Å². The van der Waals surface area contributed by atoms with E-state index in [1.807, 2.05) is 6.92 Å². The number of carbonyl (C=O) groups is 1. The van der Waals surface area contributed by atoms with Gasteiger partial charge in [0.1, 0.15) is 101 Å². The number of aliphatic hydroxyl groups excluding tert-OH is 6. The molecule has 9 heterocycles. The fraction of sp³-hybridized carbons (Fsp3) is 0.642. The molecule has 0 aliphatic carbocycles. The summed E-state index contributed by atoms with van der Waals surface area (Å²) in [6, 6.07) is -3.47. The fourth-order valence-electron chi connectivity index (χ4n) is 10.5. The quantitative estimate of drug-likeness (QED) is 0.0235. The number of aromatic nitrogens is 9. The molecule has 36 nitrogen and oxygen atoms in total. The van der Waals surface area contributed by atoms with Crippen molar-refractivity contribution >= 4 is 71.9 Å². The molecule has 96 heavy (non-hydrogen) atoms. The van der Waals surface area contributed by atoms with E-state index in [9.17, 15) is 85.1 Å². The van der Waals surface area contributed by atoms with Crippen molar-refractivity contribution in [2.45, 2.75) is 153 Å².